The third-order valence-corrected chi connectivity index (χ3v) is 5.66. The third-order valence-electron chi connectivity index (χ3n) is 5.66. The molecule has 0 amide bonds. The lowest BCUT2D eigenvalue weighted by Crippen LogP contribution is -2.12. The van der Waals surface area contributed by atoms with Crippen LogP contribution in [0.1, 0.15) is 69.1 Å². The predicted molar refractivity (Wildman–Crippen MR) is 133 cm³/mol. The summed E-state index contributed by atoms with van der Waals surface area (Å²) in [5.41, 5.74) is 2.75. The Hall–Kier alpha value is -3.09. The van der Waals surface area contributed by atoms with Gasteiger partial charge in [-0.3, -0.25) is 0 Å². The number of rotatable bonds is 12. The molecule has 0 radical (unpaired) electrons. The standard InChI is InChI=1S/C27H33F3N4/c1-3-5-7-8-10-21-13-17-23(18-14-21)33-26-31-19-24(27(28,29)30)25(34-26)32-22-15-11-20(12-16-22)9-6-4-2/h11-19H,3-10H2,1-2H3,(H2,31,32,33,34). The summed E-state index contributed by atoms with van der Waals surface area (Å²) in [6.07, 6.45) is 5.19. The van der Waals surface area contributed by atoms with Gasteiger partial charge in [-0.15, -0.1) is 0 Å². The Morgan fingerprint density at radius 2 is 1.26 bits per heavy atom. The quantitative estimate of drug-likeness (QED) is 0.261. The van der Waals surface area contributed by atoms with E-state index in [4.69, 9.17) is 0 Å². The molecule has 34 heavy (non-hydrogen) atoms. The van der Waals surface area contributed by atoms with E-state index in [1.807, 2.05) is 36.4 Å². The largest absolute Gasteiger partial charge is 0.421 e. The average molecular weight is 471 g/mol. The maximum absolute atomic E-state index is 13.6. The average Bonchev–Trinajstić information content (AvgIpc) is 2.82. The molecule has 0 aliphatic rings. The van der Waals surface area contributed by atoms with E-state index in [0.29, 0.717) is 5.69 Å². The number of aryl methyl sites for hydroxylation is 2. The van der Waals surface area contributed by atoms with Crippen molar-refractivity contribution in [2.75, 3.05) is 10.6 Å². The van der Waals surface area contributed by atoms with Crippen LogP contribution in [0.5, 0.6) is 0 Å². The van der Waals surface area contributed by atoms with Crippen LogP contribution in [0, 0.1) is 0 Å². The molecule has 4 nitrogen and oxygen atoms in total. The smallest absolute Gasteiger partial charge is 0.340 e. The Kier molecular flexibility index (Phi) is 9.31. The van der Waals surface area contributed by atoms with Crippen molar-refractivity contribution in [3.05, 3.63) is 71.4 Å². The first-order valence-electron chi connectivity index (χ1n) is 12.0. The fraction of sp³-hybridized carbons (Fsp3) is 0.407. The second-order valence-corrected chi connectivity index (χ2v) is 8.51. The lowest BCUT2D eigenvalue weighted by Gasteiger charge is -2.15. The highest BCUT2D eigenvalue weighted by Crippen LogP contribution is 2.35. The van der Waals surface area contributed by atoms with Gasteiger partial charge in [-0.1, -0.05) is 63.8 Å². The molecule has 3 aromatic rings. The summed E-state index contributed by atoms with van der Waals surface area (Å²) >= 11 is 0. The number of anilines is 4. The van der Waals surface area contributed by atoms with E-state index in [9.17, 15) is 13.2 Å². The highest BCUT2D eigenvalue weighted by Gasteiger charge is 2.35. The molecule has 7 heteroatoms. The van der Waals surface area contributed by atoms with E-state index in [0.717, 1.165) is 49.6 Å². The molecule has 2 aromatic carbocycles. The second kappa shape index (κ2) is 12.4. The molecule has 0 saturated heterocycles. The Balaban J connectivity index is 1.72. The predicted octanol–water partition coefficient (Wildman–Crippen LogP) is 8.45. The second-order valence-electron chi connectivity index (χ2n) is 8.51. The number of unbranched alkanes of at least 4 members (excludes halogenated alkanes) is 4. The van der Waals surface area contributed by atoms with E-state index in [2.05, 4.69) is 34.4 Å². The molecule has 2 N–H and O–H groups in total. The zero-order valence-corrected chi connectivity index (χ0v) is 19.9. The van der Waals surface area contributed by atoms with Crippen LogP contribution in [0.4, 0.5) is 36.3 Å². The maximum atomic E-state index is 13.6. The number of nitrogens with zero attached hydrogens (tertiary/aromatic N) is 2. The van der Waals surface area contributed by atoms with Crippen molar-refractivity contribution >= 4 is 23.1 Å². The Morgan fingerprint density at radius 1 is 0.706 bits per heavy atom. The molecule has 0 aliphatic heterocycles. The highest BCUT2D eigenvalue weighted by molar-refractivity contribution is 5.63. The van der Waals surface area contributed by atoms with E-state index < -0.39 is 11.7 Å². The van der Waals surface area contributed by atoms with Gasteiger partial charge in [0.05, 0.1) is 0 Å². The molecule has 0 saturated carbocycles. The van der Waals surface area contributed by atoms with Crippen molar-refractivity contribution in [2.45, 2.75) is 71.4 Å². The molecule has 0 fully saturated rings. The van der Waals surface area contributed by atoms with Crippen LogP contribution in [0.25, 0.3) is 0 Å². The van der Waals surface area contributed by atoms with Crippen molar-refractivity contribution < 1.29 is 13.2 Å². The van der Waals surface area contributed by atoms with Crippen LogP contribution in [0.15, 0.2) is 54.7 Å². The molecule has 182 valence electrons. The van der Waals surface area contributed by atoms with Crippen molar-refractivity contribution in [3.63, 3.8) is 0 Å². The molecule has 0 atom stereocenters. The molecule has 0 bridgehead atoms. The minimum Gasteiger partial charge on any atom is -0.340 e. The summed E-state index contributed by atoms with van der Waals surface area (Å²) in [6.45, 7) is 4.31. The molecule has 1 aromatic heterocycles. The monoisotopic (exact) mass is 470 g/mol. The third kappa shape index (κ3) is 7.75. The number of alkyl halides is 3. The van der Waals surface area contributed by atoms with Gasteiger partial charge in [0.15, 0.2) is 0 Å². The summed E-state index contributed by atoms with van der Waals surface area (Å²) < 4.78 is 40.7. The number of benzene rings is 2. The molecule has 3 rings (SSSR count). The molecule has 0 spiro atoms. The van der Waals surface area contributed by atoms with Gasteiger partial charge in [0.1, 0.15) is 11.4 Å². The normalized spacial score (nSPS) is 11.4. The molecule has 0 unspecified atom stereocenters. The van der Waals surface area contributed by atoms with Crippen LogP contribution >= 0.6 is 0 Å². The van der Waals surface area contributed by atoms with Crippen LogP contribution in [0.2, 0.25) is 0 Å². The number of halogens is 3. The fourth-order valence-electron chi connectivity index (χ4n) is 3.66. The Labute approximate surface area is 200 Å². The number of hydrogen-bond acceptors (Lipinski definition) is 4. The van der Waals surface area contributed by atoms with Crippen molar-refractivity contribution in [1.29, 1.82) is 0 Å². The van der Waals surface area contributed by atoms with Gasteiger partial charge in [0.2, 0.25) is 5.95 Å². The van der Waals surface area contributed by atoms with Gasteiger partial charge < -0.3 is 10.6 Å². The van der Waals surface area contributed by atoms with E-state index in [-0.39, 0.29) is 11.8 Å². The number of aromatic nitrogens is 2. The molecule has 0 aliphatic carbocycles. The number of nitrogens with one attached hydrogen (secondary N) is 2. The van der Waals surface area contributed by atoms with Gasteiger partial charge in [-0.25, -0.2) is 4.98 Å². The van der Waals surface area contributed by atoms with Gasteiger partial charge in [-0.2, -0.15) is 18.2 Å². The summed E-state index contributed by atoms with van der Waals surface area (Å²) in [5.74, 6) is -0.176. The van der Waals surface area contributed by atoms with Crippen LogP contribution in [-0.2, 0) is 19.0 Å². The molecule has 1 heterocycles. The molecular formula is C27H33F3N4. The van der Waals surface area contributed by atoms with Gasteiger partial charge in [-0.05, 0) is 61.1 Å². The Bertz CT molecular complexity index is 1020. The van der Waals surface area contributed by atoms with Crippen molar-refractivity contribution in [2.24, 2.45) is 0 Å². The molecular weight excluding hydrogens is 437 g/mol. The van der Waals surface area contributed by atoms with Crippen LogP contribution < -0.4 is 10.6 Å². The van der Waals surface area contributed by atoms with Gasteiger partial charge >= 0.3 is 6.18 Å². The first kappa shape index (κ1) is 25.5. The first-order chi connectivity index (χ1) is 16.4. The Morgan fingerprint density at radius 3 is 1.82 bits per heavy atom. The fourth-order valence-corrected chi connectivity index (χ4v) is 3.66. The minimum absolute atomic E-state index is 0.103. The first-order valence-corrected chi connectivity index (χ1v) is 12.0. The highest BCUT2D eigenvalue weighted by atomic mass is 19.4. The zero-order chi connectivity index (χ0) is 24.4. The topological polar surface area (TPSA) is 49.8 Å². The van der Waals surface area contributed by atoms with Crippen molar-refractivity contribution in [1.82, 2.24) is 9.97 Å². The zero-order valence-electron chi connectivity index (χ0n) is 19.9. The van der Waals surface area contributed by atoms with Crippen LogP contribution in [0.3, 0.4) is 0 Å². The minimum atomic E-state index is -4.57. The number of hydrogen-bond donors (Lipinski definition) is 2. The van der Waals surface area contributed by atoms with E-state index >= 15 is 0 Å². The van der Waals surface area contributed by atoms with E-state index in [1.165, 1.54) is 24.8 Å². The van der Waals surface area contributed by atoms with E-state index in [1.54, 1.807) is 12.1 Å². The summed E-state index contributed by atoms with van der Waals surface area (Å²) in [6, 6.07) is 15.3. The summed E-state index contributed by atoms with van der Waals surface area (Å²) in [7, 11) is 0. The van der Waals surface area contributed by atoms with Crippen LogP contribution in [-0.4, -0.2) is 9.97 Å². The van der Waals surface area contributed by atoms with Crippen molar-refractivity contribution in [3.8, 4) is 0 Å². The summed E-state index contributed by atoms with van der Waals surface area (Å²) in [4.78, 5) is 8.04. The van der Waals surface area contributed by atoms with Gasteiger partial charge in [0, 0.05) is 17.6 Å². The maximum Gasteiger partial charge on any atom is 0.421 e. The lowest BCUT2D eigenvalue weighted by molar-refractivity contribution is -0.137. The SMILES string of the molecule is CCCCCCc1ccc(Nc2ncc(C(F)(F)F)c(Nc3ccc(CCCC)cc3)n2)cc1. The lowest BCUT2D eigenvalue weighted by atomic mass is 10.1. The van der Waals surface area contributed by atoms with Gasteiger partial charge in [0.25, 0.3) is 0 Å². The summed E-state index contributed by atoms with van der Waals surface area (Å²) in [5, 5.41) is 5.84.